The summed E-state index contributed by atoms with van der Waals surface area (Å²) in [6, 6.07) is 8.53. The van der Waals surface area contributed by atoms with E-state index in [2.05, 4.69) is 15.3 Å². The van der Waals surface area contributed by atoms with Crippen molar-refractivity contribution in [3.05, 3.63) is 82.7 Å². The Kier molecular flexibility index (Phi) is 8.55. The molecule has 0 fully saturated rings. The number of anilines is 1. The average Bonchev–Trinajstić information content (AvgIpc) is 2.78. The number of aliphatic imine (C=N–C) groups is 2. The van der Waals surface area contributed by atoms with Crippen LogP contribution in [0.3, 0.4) is 0 Å². The maximum atomic E-state index is 14.2. The lowest BCUT2D eigenvalue weighted by molar-refractivity contribution is 0.112. The van der Waals surface area contributed by atoms with Gasteiger partial charge in [0.1, 0.15) is 6.29 Å². The third-order valence-corrected chi connectivity index (χ3v) is 4.76. The van der Waals surface area contributed by atoms with Crippen LogP contribution in [0.2, 0.25) is 0 Å². The minimum atomic E-state index is -0.884. The van der Waals surface area contributed by atoms with Gasteiger partial charge < -0.3 is 5.32 Å². The molecular weight excluding hydrogens is 396 g/mol. The quantitative estimate of drug-likeness (QED) is 0.313. The first-order valence-electron chi connectivity index (χ1n) is 10.0. The zero-order valence-electron chi connectivity index (χ0n) is 18.5. The van der Waals surface area contributed by atoms with E-state index in [1.807, 2.05) is 19.9 Å². The maximum Gasteiger partial charge on any atom is 0.166 e. The first-order chi connectivity index (χ1) is 14.8. The molecule has 2 aromatic rings. The smallest absolute Gasteiger partial charge is 0.166 e. The van der Waals surface area contributed by atoms with Crippen LogP contribution in [0.5, 0.6) is 0 Å². The maximum absolute atomic E-state index is 14.2. The van der Waals surface area contributed by atoms with Crippen molar-refractivity contribution in [2.24, 2.45) is 9.98 Å². The second-order valence-electron chi connectivity index (χ2n) is 7.05. The zero-order valence-corrected chi connectivity index (χ0v) is 18.5. The van der Waals surface area contributed by atoms with Gasteiger partial charge in [-0.15, -0.1) is 0 Å². The molecule has 2 rings (SSSR count). The van der Waals surface area contributed by atoms with Gasteiger partial charge in [-0.1, -0.05) is 25.1 Å². The highest BCUT2D eigenvalue weighted by Crippen LogP contribution is 2.22. The summed E-state index contributed by atoms with van der Waals surface area (Å²) in [6.45, 7) is 8.79. The minimum absolute atomic E-state index is 0.164. The number of nitrogens with zero attached hydrogens (tertiary/aromatic N) is 2. The van der Waals surface area contributed by atoms with Crippen LogP contribution >= 0.6 is 0 Å². The number of aldehydes is 1. The molecule has 31 heavy (non-hydrogen) atoms. The van der Waals surface area contributed by atoms with E-state index in [9.17, 15) is 13.6 Å². The first-order valence-corrected chi connectivity index (χ1v) is 10.0. The third kappa shape index (κ3) is 6.04. The Morgan fingerprint density at radius 2 is 1.84 bits per heavy atom. The molecule has 6 heteroatoms. The molecule has 0 amide bonds. The SMILES string of the molecule is C\C=C/N=C(Nc1ccc(C=O)c(CC)c1)\C(C)=N\C=C(/C)c1ccc(C)c(F)c1F. The van der Waals surface area contributed by atoms with Gasteiger partial charge >= 0.3 is 0 Å². The predicted molar refractivity (Wildman–Crippen MR) is 125 cm³/mol. The van der Waals surface area contributed by atoms with E-state index in [0.717, 1.165) is 24.0 Å². The Morgan fingerprint density at radius 1 is 1.10 bits per heavy atom. The number of carbonyl (C=O) groups is 1. The fourth-order valence-electron chi connectivity index (χ4n) is 2.88. The highest BCUT2D eigenvalue weighted by atomic mass is 19.2. The van der Waals surface area contributed by atoms with E-state index < -0.39 is 11.6 Å². The molecule has 0 aliphatic heterocycles. The lowest BCUT2D eigenvalue weighted by atomic mass is 10.1. The number of rotatable bonds is 7. The Hall–Kier alpha value is -3.41. The summed E-state index contributed by atoms with van der Waals surface area (Å²) in [5, 5.41) is 3.22. The fourth-order valence-corrected chi connectivity index (χ4v) is 2.88. The second-order valence-corrected chi connectivity index (χ2v) is 7.05. The van der Waals surface area contributed by atoms with Crippen molar-refractivity contribution in [3.8, 4) is 0 Å². The normalized spacial score (nSPS) is 13.1. The molecule has 0 bridgehead atoms. The molecule has 162 valence electrons. The molecule has 0 atom stereocenters. The third-order valence-electron chi connectivity index (χ3n) is 4.76. The molecule has 0 saturated carbocycles. The number of allylic oxidation sites excluding steroid dienone is 2. The molecule has 1 N–H and O–H groups in total. The van der Waals surface area contributed by atoms with Crippen LogP contribution in [0.25, 0.3) is 5.57 Å². The van der Waals surface area contributed by atoms with Crippen molar-refractivity contribution < 1.29 is 13.6 Å². The summed E-state index contributed by atoms with van der Waals surface area (Å²) >= 11 is 0. The van der Waals surface area contributed by atoms with Gasteiger partial charge in [-0.2, -0.15) is 0 Å². The van der Waals surface area contributed by atoms with Crippen LogP contribution in [0.4, 0.5) is 14.5 Å². The topological polar surface area (TPSA) is 53.8 Å². The van der Waals surface area contributed by atoms with E-state index in [4.69, 9.17) is 0 Å². The molecule has 0 heterocycles. The summed E-state index contributed by atoms with van der Waals surface area (Å²) in [5.41, 5.74) is 3.81. The van der Waals surface area contributed by atoms with Gasteiger partial charge in [0.2, 0.25) is 0 Å². The number of carbonyl (C=O) groups excluding carboxylic acids is 1. The molecule has 0 radical (unpaired) electrons. The standard InChI is InChI=1S/C25H27F2N3O/c1-6-12-28-25(30-21-10-9-20(15-31)19(7-2)13-21)18(5)29-14-17(4)22-11-8-16(3)23(26)24(22)27/h6,8-15H,7H2,1-5H3,(H,28,30)/b12-6-,17-14+,29-18+. The number of hydrogen-bond donors (Lipinski definition) is 1. The fraction of sp³-hybridized carbons (Fsp3) is 0.240. The second kappa shape index (κ2) is 11.1. The van der Waals surface area contributed by atoms with Crippen LogP contribution in [0, 0.1) is 18.6 Å². The van der Waals surface area contributed by atoms with Crippen molar-refractivity contribution in [1.82, 2.24) is 0 Å². The van der Waals surface area contributed by atoms with Gasteiger partial charge in [0, 0.05) is 29.2 Å². The predicted octanol–water partition coefficient (Wildman–Crippen LogP) is 6.51. The lowest BCUT2D eigenvalue weighted by Crippen LogP contribution is -2.20. The molecule has 0 unspecified atom stereocenters. The van der Waals surface area contributed by atoms with E-state index in [-0.39, 0.29) is 11.1 Å². The molecule has 2 aromatic carbocycles. The molecule has 0 aromatic heterocycles. The highest BCUT2D eigenvalue weighted by molar-refractivity contribution is 6.45. The van der Waals surface area contributed by atoms with Crippen molar-refractivity contribution in [2.45, 2.75) is 41.0 Å². The van der Waals surface area contributed by atoms with E-state index in [1.165, 1.54) is 19.2 Å². The Morgan fingerprint density at radius 3 is 2.48 bits per heavy atom. The summed E-state index contributed by atoms with van der Waals surface area (Å²) in [4.78, 5) is 20.0. The van der Waals surface area contributed by atoms with Gasteiger partial charge in [-0.3, -0.25) is 9.79 Å². The number of halogens is 2. The van der Waals surface area contributed by atoms with Crippen LogP contribution in [-0.4, -0.2) is 17.8 Å². The number of amidine groups is 1. The largest absolute Gasteiger partial charge is 0.339 e. The monoisotopic (exact) mass is 423 g/mol. The minimum Gasteiger partial charge on any atom is -0.339 e. The molecule has 0 aliphatic rings. The van der Waals surface area contributed by atoms with Gasteiger partial charge in [-0.05, 0) is 69.0 Å². The van der Waals surface area contributed by atoms with Crippen LogP contribution < -0.4 is 5.32 Å². The van der Waals surface area contributed by atoms with Gasteiger partial charge in [0.25, 0.3) is 0 Å². The molecular formula is C25H27F2N3O. The summed E-state index contributed by atoms with van der Waals surface area (Å²) in [6.07, 6.45) is 6.46. The Bertz CT molecular complexity index is 1080. The molecule has 0 saturated heterocycles. The zero-order chi connectivity index (χ0) is 23.0. The average molecular weight is 424 g/mol. The van der Waals surface area contributed by atoms with Crippen LogP contribution in [0.1, 0.15) is 54.7 Å². The van der Waals surface area contributed by atoms with Crippen LogP contribution in [-0.2, 0) is 6.42 Å². The molecule has 0 aliphatic carbocycles. The van der Waals surface area contributed by atoms with Gasteiger partial charge in [0.05, 0.1) is 5.71 Å². The van der Waals surface area contributed by atoms with E-state index in [1.54, 1.807) is 44.3 Å². The lowest BCUT2D eigenvalue weighted by Gasteiger charge is -2.11. The first kappa shape index (κ1) is 23.9. The van der Waals surface area contributed by atoms with Crippen LogP contribution in [0.15, 0.2) is 58.8 Å². The van der Waals surface area contributed by atoms with Crippen molar-refractivity contribution in [3.63, 3.8) is 0 Å². The molecule has 0 spiro atoms. The number of nitrogens with one attached hydrogen (secondary N) is 1. The van der Waals surface area contributed by atoms with E-state index in [0.29, 0.717) is 22.7 Å². The van der Waals surface area contributed by atoms with Crippen molar-refractivity contribution in [1.29, 1.82) is 0 Å². The number of hydrogen-bond acceptors (Lipinski definition) is 3. The summed E-state index contributed by atoms with van der Waals surface area (Å²) < 4.78 is 28.1. The number of aryl methyl sites for hydroxylation is 2. The Labute approximate surface area is 182 Å². The van der Waals surface area contributed by atoms with Gasteiger partial charge in [0.15, 0.2) is 17.5 Å². The molecule has 4 nitrogen and oxygen atoms in total. The van der Waals surface area contributed by atoms with Crippen molar-refractivity contribution in [2.75, 3.05) is 5.32 Å². The van der Waals surface area contributed by atoms with Crippen molar-refractivity contribution >= 4 is 29.1 Å². The summed E-state index contributed by atoms with van der Waals surface area (Å²) in [7, 11) is 0. The summed E-state index contributed by atoms with van der Waals surface area (Å²) in [5.74, 6) is -1.24. The Balaban J connectivity index is 2.36. The van der Waals surface area contributed by atoms with E-state index >= 15 is 0 Å². The van der Waals surface area contributed by atoms with Gasteiger partial charge in [-0.25, -0.2) is 13.8 Å². The number of benzene rings is 2. The highest BCUT2D eigenvalue weighted by Gasteiger charge is 2.12.